The molecule has 318 valence electrons. The fraction of sp³-hybridized carbons (Fsp3) is 0.952. The zero-order valence-electron chi connectivity index (χ0n) is 34.4. The van der Waals surface area contributed by atoms with Gasteiger partial charge in [0.1, 0.15) is 42.7 Å². The lowest BCUT2D eigenvalue weighted by Gasteiger charge is -2.72. The molecule has 4 saturated carbocycles. The number of rotatable bonds is 9. The predicted molar refractivity (Wildman–Crippen MR) is 201 cm³/mol. The van der Waals surface area contributed by atoms with E-state index in [1.54, 1.807) is 0 Å². The number of aliphatic hydroxyl groups excluding tert-OH is 8. The van der Waals surface area contributed by atoms with Gasteiger partial charge in [-0.1, -0.05) is 46.3 Å². The Labute approximate surface area is 327 Å². The highest BCUT2D eigenvalue weighted by atomic mass is 16.8. The van der Waals surface area contributed by atoms with E-state index >= 15 is 0 Å². The third-order valence-electron chi connectivity index (χ3n) is 16.5. The molecule has 0 spiro atoms. The van der Waals surface area contributed by atoms with Crippen LogP contribution in [-0.2, 0) is 18.9 Å². The average Bonchev–Trinajstić information content (AvgIpc) is 3.49. The summed E-state index contributed by atoms with van der Waals surface area (Å²) in [5.41, 5.74) is -1.71. The molecule has 0 aromatic rings. The van der Waals surface area contributed by atoms with Crippen molar-refractivity contribution in [2.24, 2.45) is 45.3 Å². The molecule has 2 aliphatic heterocycles. The summed E-state index contributed by atoms with van der Waals surface area (Å²) in [5.74, 6) is -0.526. The van der Waals surface area contributed by atoms with Gasteiger partial charge >= 0.3 is 0 Å². The van der Waals surface area contributed by atoms with Crippen LogP contribution < -0.4 is 0 Å². The Morgan fingerprint density at radius 1 is 0.818 bits per heavy atom. The van der Waals surface area contributed by atoms with Crippen LogP contribution in [0.2, 0.25) is 0 Å². The molecule has 0 bridgehead atoms. The first kappa shape index (κ1) is 43.8. The van der Waals surface area contributed by atoms with Crippen LogP contribution in [-0.4, -0.2) is 138 Å². The van der Waals surface area contributed by atoms with Gasteiger partial charge in [-0.3, -0.25) is 0 Å². The van der Waals surface area contributed by atoms with Crippen LogP contribution >= 0.6 is 0 Å². The molecule has 13 nitrogen and oxygen atoms in total. The van der Waals surface area contributed by atoms with Gasteiger partial charge in [-0.15, -0.1) is 0 Å². The van der Waals surface area contributed by atoms with Crippen molar-refractivity contribution < 1.29 is 64.9 Å². The molecule has 21 atom stereocenters. The maximum Gasteiger partial charge on any atom is 0.187 e. The molecular formula is C42H72O13. The van der Waals surface area contributed by atoms with Crippen LogP contribution in [0.1, 0.15) is 114 Å². The Morgan fingerprint density at radius 2 is 1.49 bits per heavy atom. The van der Waals surface area contributed by atoms with E-state index in [9.17, 15) is 46.0 Å². The second-order valence-electron chi connectivity index (χ2n) is 20.3. The van der Waals surface area contributed by atoms with E-state index in [4.69, 9.17) is 18.9 Å². The lowest BCUT2D eigenvalue weighted by Crippen LogP contribution is -2.71. The van der Waals surface area contributed by atoms with Gasteiger partial charge in [-0.2, -0.15) is 0 Å². The lowest BCUT2D eigenvalue weighted by molar-refractivity contribution is -0.382. The van der Waals surface area contributed by atoms with Crippen molar-refractivity contribution in [1.29, 1.82) is 0 Å². The standard InChI is InChI=1S/C42H72O13/c1-20(2)11-10-14-42(9,51)22-12-16-40(7)28(22)23(44)17-26-39(6)15-13-27(45)38(4,5)35(39)24(18-41(26,40)8)53-37-34(32(49)30(47)25(19-43)54-37)55-36-33(50)31(48)29(46)21(3)52-36/h11,21-37,43-51H,10,12-19H2,1-9H3/t21-,22-,23+,24+,25+,26+,27+,28-,29+,30-,31+,32-,33+,34-,35+,36-,37-,39+,40+,41-,42-/m1/s1. The Balaban J connectivity index is 1.38. The summed E-state index contributed by atoms with van der Waals surface area (Å²) in [6, 6.07) is 0. The normalized spacial score (nSPS) is 53.4. The molecule has 9 N–H and O–H groups in total. The lowest BCUT2D eigenvalue weighted by atomic mass is 9.34. The highest BCUT2D eigenvalue weighted by molar-refractivity contribution is 5.22. The average molecular weight is 785 g/mol. The quantitative estimate of drug-likeness (QED) is 0.121. The van der Waals surface area contributed by atoms with Gasteiger partial charge in [0, 0.05) is 0 Å². The maximum absolute atomic E-state index is 12.3. The topological polar surface area (TPSA) is 219 Å². The summed E-state index contributed by atoms with van der Waals surface area (Å²) in [6.07, 6.45) is -8.99. The minimum absolute atomic E-state index is 0.0411. The van der Waals surface area contributed by atoms with Gasteiger partial charge in [0.2, 0.25) is 0 Å². The van der Waals surface area contributed by atoms with Crippen molar-refractivity contribution in [2.45, 2.75) is 199 Å². The second-order valence-corrected chi connectivity index (χ2v) is 20.3. The van der Waals surface area contributed by atoms with Crippen molar-refractivity contribution in [1.82, 2.24) is 0 Å². The van der Waals surface area contributed by atoms with Gasteiger partial charge in [0.25, 0.3) is 0 Å². The number of ether oxygens (including phenoxy) is 4. The fourth-order valence-corrected chi connectivity index (χ4v) is 13.3. The number of aliphatic hydroxyl groups is 9. The van der Waals surface area contributed by atoms with E-state index in [0.717, 1.165) is 19.3 Å². The van der Waals surface area contributed by atoms with E-state index < -0.39 is 114 Å². The Hall–Kier alpha value is -0.780. The molecule has 0 radical (unpaired) electrons. The summed E-state index contributed by atoms with van der Waals surface area (Å²) in [6.45, 7) is 17.8. The van der Waals surface area contributed by atoms with Crippen molar-refractivity contribution in [3.05, 3.63) is 11.6 Å². The van der Waals surface area contributed by atoms with Crippen LogP contribution in [0, 0.1) is 45.3 Å². The first-order valence-electron chi connectivity index (χ1n) is 20.8. The van der Waals surface area contributed by atoms with Crippen molar-refractivity contribution in [3.63, 3.8) is 0 Å². The fourth-order valence-electron chi connectivity index (χ4n) is 13.3. The van der Waals surface area contributed by atoms with Gasteiger partial charge in [-0.05, 0) is 124 Å². The van der Waals surface area contributed by atoms with E-state index in [2.05, 4.69) is 40.7 Å². The van der Waals surface area contributed by atoms with Crippen molar-refractivity contribution >= 4 is 0 Å². The third-order valence-corrected chi connectivity index (χ3v) is 16.5. The van der Waals surface area contributed by atoms with Gasteiger partial charge in [-0.25, -0.2) is 0 Å². The highest BCUT2D eigenvalue weighted by Crippen LogP contribution is 2.76. The molecule has 55 heavy (non-hydrogen) atoms. The summed E-state index contributed by atoms with van der Waals surface area (Å²) >= 11 is 0. The predicted octanol–water partition coefficient (Wildman–Crippen LogP) is 2.15. The van der Waals surface area contributed by atoms with Crippen LogP contribution in [0.15, 0.2) is 11.6 Å². The Morgan fingerprint density at radius 3 is 2.13 bits per heavy atom. The zero-order chi connectivity index (χ0) is 40.8. The third kappa shape index (κ3) is 7.10. The summed E-state index contributed by atoms with van der Waals surface area (Å²) in [7, 11) is 0. The largest absolute Gasteiger partial charge is 0.394 e. The molecule has 2 saturated heterocycles. The van der Waals surface area contributed by atoms with Crippen LogP contribution in [0.5, 0.6) is 0 Å². The number of hydrogen-bond acceptors (Lipinski definition) is 13. The Bertz CT molecular complexity index is 1390. The molecule has 6 rings (SSSR count). The summed E-state index contributed by atoms with van der Waals surface area (Å²) in [5, 5.41) is 100. The maximum atomic E-state index is 12.3. The van der Waals surface area contributed by atoms with Crippen LogP contribution in [0.3, 0.4) is 0 Å². The molecule has 6 aliphatic rings. The van der Waals surface area contributed by atoms with E-state index in [-0.39, 0.29) is 23.7 Å². The number of fused-ring (bicyclic) bond motifs is 5. The van der Waals surface area contributed by atoms with E-state index in [0.29, 0.717) is 32.1 Å². The zero-order valence-corrected chi connectivity index (χ0v) is 34.4. The molecular weight excluding hydrogens is 712 g/mol. The molecule has 6 fully saturated rings. The van der Waals surface area contributed by atoms with Gasteiger partial charge in [0.05, 0.1) is 36.6 Å². The summed E-state index contributed by atoms with van der Waals surface area (Å²) < 4.78 is 25.1. The number of allylic oxidation sites excluding steroid dienone is 2. The highest BCUT2D eigenvalue weighted by Gasteiger charge is 2.73. The molecule has 0 aromatic carbocycles. The SMILES string of the molecule is CC(C)=CCC[C@@](C)(O)[C@@H]1CC[C@@]2(C)[C@H]1[C@@H](O)C[C@H]1[C@]3(C)CC[C@H](O)C(C)(C)[C@@H]3[C@@H](O[C@@H]3O[C@@H](CO)[C@@H](O)[C@@H](O)[C@H]3O[C@H]3O[C@H](C)[C@H](O)[C@H](O)[C@@H]3O)C[C@]12C. The first-order chi connectivity index (χ1) is 25.5. The minimum Gasteiger partial charge on any atom is -0.394 e. The van der Waals surface area contributed by atoms with Gasteiger partial charge < -0.3 is 64.9 Å². The molecule has 2 heterocycles. The van der Waals surface area contributed by atoms with E-state index in [1.165, 1.54) is 12.5 Å². The van der Waals surface area contributed by atoms with Crippen LogP contribution in [0.4, 0.5) is 0 Å². The molecule has 0 amide bonds. The summed E-state index contributed by atoms with van der Waals surface area (Å²) in [4.78, 5) is 0. The van der Waals surface area contributed by atoms with Crippen molar-refractivity contribution in [2.75, 3.05) is 6.61 Å². The molecule has 13 heteroatoms. The molecule has 0 unspecified atom stereocenters. The van der Waals surface area contributed by atoms with Crippen LogP contribution in [0.25, 0.3) is 0 Å². The van der Waals surface area contributed by atoms with Gasteiger partial charge in [0.15, 0.2) is 12.6 Å². The smallest absolute Gasteiger partial charge is 0.187 e. The first-order valence-corrected chi connectivity index (χ1v) is 20.8. The Kier molecular flexibility index (Phi) is 12.2. The second kappa shape index (κ2) is 15.4. The minimum atomic E-state index is -1.70. The van der Waals surface area contributed by atoms with E-state index in [1.807, 2.05) is 20.8 Å². The van der Waals surface area contributed by atoms with Crippen molar-refractivity contribution in [3.8, 4) is 0 Å². The monoisotopic (exact) mass is 784 g/mol. The number of hydrogen-bond donors (Lipinski definition) is 9. The molecule has 4 aliphatic carbocycles. The molecule has 0 aromatic heterocycles.